The number of anilines is 1. The summed E-state index contributed by atoms with van der Waals surface area (Å²) < 4.78 is 20.2. The fourth-order valence-corrected chi connectivity index (χ4v) is 4.37. The van der Waals surface area contributed by atoms with Crippen LogP contribution in [-0.2, 0) is 0 Å². The number of allylic oxidation sites excluding steroid dienone is 1. The molecule has 0 unspecified atom stereocenters. The first-order chi connectivity index (χ1) is 13.9. The van der Waals surface area contributed by atoms with Crippen LogP contribution in [-0.4, -0.2) is 5.54 Å². The van der Waals surface area contributed by atoms with Crippen molar-refractivity contribution in [3.05, 3.63) is 89.2 Å². The highest BCUT2D eigenvalue weighted by Gasteiger charge is 2.31. The summed E-state index contributed by atoms with van der Waals surface area (Å²) in [5.41, 5.74) is 7.35. The summed E-state index contributed by atoms with van der Waals surface area (Å²) in [5, 5.41) is 3.62. The van der Waals surface area contributed by atoms with Crippen LogP contribution in [0.3, 0.4) is 0 Å². The minimum Gasteiger partial charge on any atom is -0.456 e. The van der Waals surface area contributed by atoms with E-state index < -0.39 is 0 Å². The quantitative estimate of drug-likeness (QED) is 0.489. The lowest BCUT2D eigenvalue weighted by molar-refractivity contribution is 0.506. The molecule has 0 saturated heterocycles. The lowest BCUT2D eigenvalue weighted by Gasteiger charge is -2.35. The molecule has 2 heterocycles. The van der Waals surface area contributed by atoms with Gasteiger partial charge in [0.15, 0.2) is 0 Å². The van der Waals surface area contributed by atoms with Crippen molar-refractivity contribution in [3.8, 4) is 16.9 Å². The second-order valence-corrected chi connectivity index (χ2v) is 8.25. The average molecular weight is 383 g/mol. The molecule has 3 aromatic rings. The van der Waals surface area contributed by atoms with Crippen LogP contribution in [0.2, 0.25) is 0 Å². The monoisotopic (exact) mass is 383 g/mol. The van der Waals surface area contributed by atoms with Gasteiger partial charge in [-0.2, -0.15) is 0 Å². The maximum atomic E-state index is 13.9. The highest BCUT2D eigenvalue weighted by molar-refractivity contribution is 6.00. The summed E-state index contributed by atoms with van der Waals surface area (Å²) in [6, 6.07) is 19.0. The number of nitrogens with one attached hydrogen (secondary N) is 1. The van der Waals surface area contributed by atoms with E-state index in [4.69, 9.17) is 4.74 Å². The molecule has 3 heteroatoms. The van der Waals surface area contributed by atoms with E-state index in [0.29, 0.717) is 5.75 Å². The first-order valence-corrected chi connectivity index (χ1v) is 9.81. The Kier molecular flexibility index (Phi) is 3.88. The highest BCUT2D eigenvalue weighted by atomic mass is 19.1. The molecule has 0 aromatic heterocycles. The maximum absolute atomic E-state index is 13.9. The minimum atomic E-state index is -0.302. The zero-order valence-electron chi connectivity index (χ0n) is 16.7. The van der Waals surface area contributed by atoms with Crippen molar-refractivity contribution in [1.29, 1.82) is 0 Å². The molecule has 0 atom stereocenters. The van der Waals surface area contributed by atoms with Crippen LogP contribution >= 0.6 is 0 Å². The van der Waals surface area contributed by atoms with Gasteiger partial charge in [-0.1, -0.05) is 42.5 Å². The molecule has 0 saturated carbocycles. The summed E-state index contributed by atoms with van der Waals surface area (Å²) in [6.45, 7) is 6.46. The number of rotatable bonds is 1. The third-order valence-electron chi connectivity index (χ3n) is 5.43. The third-order valence-corrected chi connectivity index (χ3v) is 5.43. The van der Waals surface area contributed by atoms with Crippen molar-refractivity contribution in [2.75, 3.05) is 5.32 Å². The molecule has 0 spiro atoms. The lowest BCUT2D eigenvalue weighted by Crippen LogP contribution is -2.32. The van der Waals surface area contributed by atoms with Crippen LogP contribution in [0.1, 0.15) is 37.5 Å². The Morgan fingerprint density at radius 2 is 1.69 bits per heavy atom. The Hall–Kier alpha value is -3.33. The summed E-state index contributed by atoms with van der Waals surface area (Å²) in [7, 11) is 0. The summed E-state index contributed by atoms with van der Waals surface area (Å²) in [6.07, 6.45) is 4.27. The average Bonchev–Trinajstić information content (AvgIpc) is 2.67. The Bertz CT molecular complexity index is 1190. The van der Waals surface area contributed by atoms with Gasteiger partial charge in [-0.3, -0.25) is 0 Å². The zero-order chi connectivity index (χ0) is 20.2. The zero-order valence-corrected chi connectivity index (χ0v) is 16.7. The van der Waals surface area contributed by atoms with E-state index in [9.17, 15) is 4.39 Å². The van der Waals surface area contributed by atoms with Gasteiger partial charge in [-0.15, -0.1) is 0 Å². The van der Waals surface area contributed by atoms with Crippen LogP contribution < -0.4 is 10.1 Å². The molecule has 144 valence electrons. The van der Waals surface area contributed by atoms with Gasteiger partial charge in [-0.25, -0.2) is 4.39 Å². The predicted octanol–water partition coefficient (Wildman–Crippen LogP) is 6.99. The summed E-state index contributed by atoms with van der Waals surface area (Å²) in [4.78, 5) is 0. The number of fused-ring (bicyclic) bond motifs is 5. The molecule has 3 aromatic carbocycles. The number of hydrogen-bond acceptors (Lipinski definition) is 2. The number of halogens is 1. The van der Waals surface area contributed by atoms with Gasteiger partial charge in [-0.05, 0) is 61.7 Å². The van der Waals surface area contributed by atoms with Gasteiger partial charge in [0.1, 0.15) is 17.3 Å². The van der Waals surface area contributed by atoms with Gasteiger partial charge < -0.3 is 10.1 Å². The molecule has 0 radical (unpaired) electrons. The van der Waals surface area contributed by atoms with Crippen molar-refractivity contribution >= 4 is 23.1 Å². The second-order valence-electron chi connectivity index (χ2n) is 8.25. The number of ether oxygens (including phenoxy) is 1. The Morgan fingerprint density at radius 1 is 0.931 bits per heavy atom. The van der Waals surface area contributed by atoms with Gasteiger partial charge in [0.05, 0.1) is 5.54 Å². The van der Waals surface area contributed by atoms with E-state index in [0.717, 1.165) is 39.3 Å². The van der Waals surface area contributed by atoms with Crippen molar-refractivity contribution in [2.24, 2.45) is 0 Å². The standard InChI is InChI=1S/C26H22FNO/c1-16-15-26(2,3)28-21-12-11-20-19-10-9-18(27)14-22(19)29-23(25(20)24(16)21)13-17-7-5-4-6-8-17/h4-15,28H,1-3H3/b23-13-. The van der Waals surface area contributed by atoms with Gasteiger partial charge >= 0.3 is 0 Å². The number of hydrogen-bond donors (Lipinski definition) is 1. The first kappa shape index (κ1) is 17.7. The Morgan fingerprint density at radius 3 is 2.48 bits per heavy atom. The summed E-state index contributed by atoms with van der Waals surface area (Å²) in [5.74, 6) is 0.976. The summed E-state index contributed by atoms with van der Waals surface area (Å²) >= 11 is 0. The van der Waals surface area contributed by atoms with Crippen molar-refractivity contribution < 1.29 is 9.13 Å². The Balaban J connectivity index is 1.81. The molecule has 29 heavy (non-hydrogen) atoms. The molecule has 2 nitrogen and oxygen atoms in total. The smallest absolute Gasteiger partial charge is 0.138 e. The fraction of sp³-hybridized carbons (Fsp3) is 0.154. The molecule has 1 N–H and O–H groups in total. The first-order valence-electron chi connectivity index (χ1n) is 9.81. The molecule has 0 amide bonds. The predicted molar refractivity (Wildman–Crippen MR) is 118 cm³/mol. The van der Waals surface area contributed by atoms with E-state index in [1.165, 1.54) is 17.7 Å². The van der Waals surface area contributed by atoms with Crippen molar-refractivity contribution in [1.82, 2.24) is 0 Å². The molecule has 2 aliphatic heterocycles. The lowest BCUT2D eigenvalue weighted by atomic mass is 9.83. The molecular formula is C26H22FNO. The van der Waals surface area contributed by atoms with Gasteiger partial charge in [0.2, 0.25) is 0 Å². The van der Waals surface area contributed by atoms with Crippen LogP contribution in [0.4, 0.5) is 10.1 Å². The van der Waals surface area contributed by atoms with Crippen molar-refractivity contribution in [3.63, 3.8) is 0 Å². The number of benzene rings is 3. The topological polar surface area (TPSA) is 21.3 Å². The normalized spacial score (nSPS) is 17.4. The SMILES string of the molecule is CC1=CC(C)(C)Nc2ccc3c(c21)/C(=C/c1ccccc1)Oc1cc(F)ccc1-3. The molecule has 5 rings (SSSR count). The third kappa shape index (κ3) is 3.03. The van der Waals surface area contributed by atoms with E-state index >= 15 is 0 Å². The largest absolute Gasteiger partial charge is 0.456 e. The van der Waals surface area contributed by atoms with E-state index in [2.05, 4.69) is 44.3 Å². The molecule has 2 aliphatic rings. The molecule has 0 fully saturated rings. The van der Waals surface area contributed by atoms with Gasteiger partial charge in [0.25, 0.3) is 0 Å². The fourth-order valence-electron chi connectivity index (χ4n) is 4.37. The van der Waals surface area contributed by atoms with E-state index in [1.807, 2.05) is 36.4 Å². The van der Waals surface area contributed by atoms with Crippen LogP contribution in [0, 0.1) is 5.82 Å². The maximum Gasteiger partial charge on any atom is 0.138 e. The van der Waals surface area contributed by atoms with Crippen molar-refractivity contribution in [2.45, 2.75) is 26.3 Å². The Labute approximate surface area is 170 Å². The molecule has 0 bridgehead atoms. The molecular weight excluding hydrogens is 361 g/mol. The van der Waals surface area contributed by atoms with Crippen LogP contribution in [0.15, 0.2) is 66.7 Å². The minimum absolute atomic E-state index is 0.120. The highest BCUT2D eigenvalue weighted by Crippen LogP contribution is 2.49. The van der Waals surface area contributed by atoms with Crippen LogP contribution in [0.5, 0.6) is 5.75 Å². The van der Waals surface area contributed by atoms with Crippen LogP contribution in [0.25, 0.3) is 28.5 Å². The molecule has 0 aliphatic carbocycles. The van der Waals surface area contributed by atoms with E-state index in [-0.39, 0.29) is 11.4 Å². The van der Waals surface area contributed by atoms with E-state index in [1.54, 1.807) is 6.07 Å². The second kappa shape index (κ2) is 6.35. The van der Waals surface area contributed by atoms with Gasteiger partial charge in [0, 0.05) is 28.4 Å².